The molecule has 0 radical (unpaired) electrons. The summed E-state index contributed by atoms with van der Waals surface area (Å²) in [7, 11) is 0. The normalized spacial score (nSPS) is 20.7. The maximum absolute atomic E-state index is 10.2. The lowest BCUT2D eigenvalue weighted by atomic mass is 9.95. The molecule has 74 valence electrons. The Morgan fingerprint density at radius 2 is 2.15 bits per heavy atom. The van der Waals surface area contributed by atoms with Crippen LogP contribution in [0.1, 0.15) is 39.0 Å². The first kappa shape index (κ1) is 10.1. The highest BCUT2D eigenvalue weighted by Crippen LogP contribution is 2.32. The van der Waals surface area contributed by atoms with Crippen molar-refractivity contribution < 1.29 is 9.90 Å². The third kappa shape index (κ3) is 2.76. The Morgan fingerprint density at radius 1 is 1.54 bits per heavy atom. The molecular formula is C10H17NO2. The SMILES string of the molecule is CCC1(N/C=C/C(=O)O)CCCC1. The zero-order valence-corrected chi connectivity index (χ0v) is 8.05. The highest BCUT2D eigenvalue weighted by Gasteiger charge is 2.30. The third-order valence-corrected chi connectivity index (χ3v) is 2.85. The van der Waals surface area contributed by atoms with E-state index in [-0.39, 0.29) is 5.54 Å². The second-order valence-electron chi connectivity index (χ2n) is 3.66. The van der Waals surface area contributed by atoms with Crippen LogP contribution in [0, 0.1) is 0 Å². The molecule has 0 aromatic heterocycles. The lowest BCUT2D eigenvalue weighted by Gasteiger charge is -2.27. The van der Waals surface area contributed by atoms with E-state index in [1.54, 1.807) is 6.20 Å². The number of carboxylic acid groups (broad SMARTS) is 1. The molecule has 1 rings (SSSR count). The molecule has 13 heavy (non-hydrogen) atoms. The van der Waals surface area contributed by atoms with E-state index >= 15 is 0 Å². The van der Waals surface area contributed by atoms with E-state index in [1.807, 2.05) is 0 Å². The second kappa shape index (κ2) is 4.30. The van der Waals surface area contributed by atoms with Crippen molar-refractivity contribution in [3.8, 4) is 0 Å². The number of hydrogen-bond donors (Lipinski definition) is 2. The maximum atomic E-state index is 10.2. The molecule has 0 heterocycles. The fraction of sp³-hybridized carbons (Fsp3) is 0.700. The highest BCUT2D eigenvalue weighted by molar-refractivity contribution is 5.79. The Bertz CT molecular complexity index is 205. The van der Waals surface area contributed by atoms with Gasteiger partial charge in [-0.15, -0.1) is 0 Å². The minimum absolute atomic E-state index is 0.173. The van der Waals surface area contributed by atoms with Gasteiger partial charge in [0, 0.05) is 17.8 Å². The second-order valence-corrected chi connectivity index (χ2v) is 3.66. The van der Waals surface area contributed by atoms with Crippen molar-refractivity contribution in [1.29, 1.82) is 0 Å². The van der Waals surface area contributed by atoms with Crippen molar-refractivity contribution in [3.05, 3.63) is 12.3 Å². The van der Waals surface area contributed by atoms with E-state index in [2.05, 4.69) is 12.2 Å². The summed E-state index contributed by atoms with van der Waals surface area (Å²) < 4.78 is 0. The summed E-state index contributed by atoms with van der Waals surface area (Å²) in [4.78, 5) is 10.2. The van der Waals surface area contributed by atoms with Crippen molar-refractivity contribution in [1.82, 2.24) is 5.32 Å². The number of carboxylic acids is 1. The quantitative estimate of drug-likeness (QED) is 0.654. The van der Waals surface area contributed by atoms with Crippen LogP contribution in [0.4, 0.5) is 0 Å². The molecule has 0 bridgehead atoms. The Labute approximate surface area is 78.8 Å². The number of aliphatic carboxylic acids is 1. The Balaban J connectivity index is 2.44. The molecule has 3 nitrogen and oxygen atoms in total. The first-order valence-corrected chi connectivity index (χ1v) is 4.86. The molecule has 1 aliphatic carbocycles. The predicted molar refractivity (Wildman–Crippen MR) is 51.4 cm³/mol. The van der Waals surface area contributed by atoms with Gasteiger partial charge in [-0.05, 0) is 19.3 Å². The smallest absolute Gasteiger partial charge is 0.329 e. The summed E-state index contributed by atoms with van der Waals surface area (Å²) in [5, 5.41) is 11.6. The summed E-state index contributed by atoms with van der Waals surface area (Å²) in [5.74, 6) is -0.892. The highest BCUT2D eigenvalue weighted by atomic mass is 16.4. The molecule has 0 unspecified atom stereocenters. The van der Waals surface area contributed by atoms with Gasteiger partial charge in [0.2, 0.25) is 0 Å². The van der Waals surface area contributed by atoms with Crippen LogP contribution in [-0.2, 0) is 4.79 Å². The molecule has 1 saturated carbocycles. The van der Waals surface area contributed by atoms with E-state index < -0.39 is 5.97 Å². The summed E-state index contributed by atoms with van der Waals surface area (Å²) >= 11 is 0. The average molecular weight is 183 g/mol. The van der Waals surface area contributed by atoms with Crippen LogP contribution in [0.2, 0.25) is 0 Å². The van der Waals surface area contributed by atoms with Gasteiger partial charge in [0.25, 0.3) is 0 Å². The third-order valence-electron chi connectivity index (χ3n) is 2.85. The van der Waals surface area contributed by atoms with Gasteiger partial charge < -0.3 is 10.4 Å². The van der Waals surface area contributed by atoms with Crippen molar-refractivity contribution in [2.45, 2.75) is 44.6 Å². The number of carbonyl (C=O) groups is 1. The van der Waals surface area contributed by atoms with Crippen molar-refractivity contribution in [3.63, 3.8) is 0 Å². The van der Waals surface area contributed by atoms with Crippen LogP contribution < -0.4 is 5.32 Å². The Kier molecular flexibility index (Phi) is 3.34. The minimum atomic E-state index is -0.892. The monoisotopic (exact) mass is 183 g/mol. The number of hydrogen-bond acceptors (Lipinski definition) is 2. The molecule has 0 aromatic rings. The molecule has 3 heteroatoms. The fourth-order valence-corrected chi connectivity index (χ4v) is 1.94. The summed E-state index contributed by atoms with van der Waals surface area (Å²) in [6, 6.07) is 0. The van der Waals surface area contributed by atoms with Gasteiger partial charge in [0.05, 0.1) is 0 Å². The topological polar surface area (TPSA) is 49.3 Å². The van der Waals surface area contributed by atoms with Crippen LogP contribution in [0.5, 0.6) is 0 Å². The zero-order chi connectivity index (χ0) is 9.73. The molecule has 0 spiro atoms. The van der Waals surface area contributed by atoms with Gasteiger partial charge in [-0.3, -0.25) is 0 Å². The molecule has 1 fully saturated rings. The lowest BCUT2D eigenvalue weighted by Crippen LogP contribution is -2.38. The number of nitrogens with one attached hydrogen (secondary N) is 1. The summed E-state index contributed by atoms with van der Waals surface area (Å²) in [6.45, 7) is 2.15. The van der Waals surface area contributed by atoms with E-state index in [0.717, 1.165) is 25.3 Å². The Hall–Kier alpha value is -0.990. The summed E-state index contributed by atoms with van der Waals surface area (Å²) in [6.07, 6.45) is 8.62. The molecule has 0 atom stereocenters. The largest absolute Gasteiger partial charge is 0.478 e. The van der Waals surface area contributed by atoms with E-state index in [1.165, 1.54) is 12.8 Å². The number of rotatable bonds is 4. The summed E-state index contributed by atoms with van der Waals surface area (Å²) in [5.41, 5.74) is 0.173. The first-order valence-electron chi connectivity index (χ1n) is 4.86. The van der Waals surface area contributed by atoms with E-state index in [0.29, 0.717) is 0 Å². The van der Waals surface area contributed by atoms with Gasteiger partial charge in [-0.2, -0.15) is 0 Å². The van der Waals surface area contributed by atoms with Crippen LogP contribution in [0.15, 0.2) is 12.3 Å². The lowest BCUT2D eigenvalue weighted by molar-refractivity contribution is -0.131. The van der Waals surface area contributed by atoms with Crippen molar-refractivity contribution >= 4 is 5.97 Å². The van der Waals surface area contributed by atoms with Crippen molar-refractivity contribution in [2.24, 2.45) is 0 Å². The van der Waals surface area contributed by atoms with Gasteiger partial charge in [-0.1, -0.05) is 19.8 Å². The van der Waals surface area contributed by atoms with E-state index in [9.17, 15) is 4.79 Å². The first-order chi connectivity index (χ1) is 6.18. The molecule has 0 aliphatic heterocycles. The minimum Gasteiger partial charge on any atom is -0.478 e. The average Bonchev–Trinajstić information content (AvgIpc) is 2.53. The Morgan fingerprint density at radius 3 is 2.62 bits per heavy atom. The fourth-order valence-electron chi connectivity index (χ4n) is 1.94. The molecule has 0 saturated heterocycles. The molecule has 1 aliphatic rings. The molecular weight excluding hydrogens is 166 g/mol. The van der Waals surface area contributed by atoms with Crippen LogP contribution in [0.3, 0.4) is 0 Å². The van der Waals surface area contributed by atoms with Crippen LogP contribution in [0.25, 0.3) is 0 Å². The van der Waals surface area contributed by atoms with Gasteiger partial charge in [0.15, 0.2) is 0 Å². The predicted octanol–water partition coefficient (Wildman–Crippen LogP) is 1.90. The van der Waals surface area contributed by atoms with Crippen molar-refractivity contribution in [2.75, 3.05) is 0 Å². The standard InChI is InChI=1S/C10H17NO2/c1-2-10(6-3-4-7-10)11-8-5-9(12)13/h5,8,11H,2-4,6-7H2,1H3,(H,12,13)/b8-5+. The van der Waals surface area contributed by atoms with Gasteiger partial charge >= 0.3 is 5.97 Å². The molecule has 0 amide bonds. The van der Waals surface area contributed by atoms with Gasteiger partial charge in [0.1, 0.15) is 0 Å². The van der Waals surface area contributed by atoms with Crippen LogP contribution >= 0.6 is 0 Å². The molecule has 2 N–H and O–H groups in total. The van der Waals surface area contributed by atoms with E-state index in [4.69, 9.17) is 5.11 Å². The zero-order valence-electron chi connectivity index (χ0n) is 8.05. The maximum Gasteiger partial charge on any atom is 0.329 e. The van der Waals surface area contributed by atoms with Gasteiger partial charge in [-0.25, -0.2) is 4.79 Å². The van der Waals surface area contributed by atoms with Crippen LogP contribution in [-0.4, -0.2) is 16.6 Å². The molecule has 0 aromatic carbocycles.